The lowest BCUT2D eigenvalue weighted by Gasteiger charge is -2.19. The normalized spacial score (nSPS) is 14.0. The Kier molecular flexibility index (Phi) is 7.41. The number of likely N-dealkylation sites (N-methyl/N-ethyl adjacent to an activating group) is 1. The summed E-state index contributed by atoms with van der Waals surface area (Å²) >= 11 is 0. The monoisotopic (exact) mass is 314 g/mol. The Morgan fingerprint density at radius 2 is 1.91 bits per heavy atom. The zero-order valence-electron chi connectivity index (χ0n) is 13.3. The molecule has 0 aliphatic heterocycles. The number of nitrogens with zero attached hydrogens (tertiary/aromatic N) is 1. The quantitative estimate of drug-likeness (QED) is 0.768. The van der Waals surface area contributed by atoms with Crippen LogP contribution in [0.25, 0.3) is 0 Å². The highest BCUT2D eigenvalue weighted by atomic mass is 19.1. The molecule has 0 aliphatic rings. The molecule has 0 aromatic heterocycles. The zero-order valence-corrected chi connectivity index (χ0v) is 13.3. The first-order valence-corrected chi connectivity index (χ1v) is 7.38. The van der Waals surface area contributed by atoms with Crippen LogP contribution in [0.2, 0.25) is 0 Å². The number of rotatable bonds is 8. The first-order valence-electron chi connectivity index (χ1n) is 7.38. The number of benzene rings is 1. The largest absolute Gasteiger partial charge is 0.393 e. The van der Waals surface area contributed by atoms with Crippen molar-refractivity contribution < 1.29 is 18.7 Å². The van der Waals surface area contributed by atoms with Gasteiger partial charge in [0.1, 0.15) is 11.6 Å². The Hall–Kier alpha value is -1.53. The van der Waals surface area contributed by atoms with E-state index in [9.17, 15) is 18.7 Å². The van der Waals surface area contributed by atoms with Gasteiger partial charge < -0.3 is 10.4 Å². The third-order valence-electron chi connectivity index (χ3n) is 3.32. The molecule has 1 rings (SSSR count). The summed E-state index contributed by atoms with van der Waals surface area (Å²) in [5, 5.41) is 11.9. The Balaban J connectivity index is 2.44. The van der Waals surface area contributed by atoms with E-state index >= 15 is 0 Å². The molecule has 0 aliphatic carbocycles. The smallest absolute Gasteiger partial charge is 0.234 e. The van der Waals surface area contributed by atoms with E-state index in [2.05, 4.69) is 5.32 Å². The van der Waals surface area contributed by atoms with Gasteiger partial charge in [-0.1, -0.05) is 6.07 Å². The van der Waals surface area contributed by atoms with E-state index in [1.807, 2.05) is 0 Å². The number of hydrogen-bond acceptors (Lipinski definition) is 3. The van der Waals surface area contributed by atoms with E-state index in [0.29, 0.717) is 13.0 Å². The minimum absolute atomic E-state index is 0.0160. The molecule has 0 fully saturated rings. The number of aliphatic hydroxyl groups is 1. The minimum atomic E-state index is -0.602. The molecule has 4 nitrogen and oxygen atoms in total. The molecule has 1 amide bonds. The van der Waals surface area contributed by atoms with Crippen molar-refractivity contribution in [3.8, 4) is 0 Å². The first kappa shape index (κ1) is 18.5. The zero-order chi connectivity index (χ0) is 16.7. The number of hydrogen-bond donors (Lipinski definition) is 2. The lowest BCUT2D eigenvalue weighted by atomic mass is 10.1. The third-order valence-corrected chi connectivity index (χ3v) is 3.32. The lowest BCUT2D eigenvalue weighted by Crippen LogP contribution is -2.41. The van der Waals surface area contributed by atoms with Gasteiger partial charge in [-0.05, 0) is 45.9 Å². The number of halogens is 2. The van der Waals surface area contributed by atoms with Gasteiger partial charge in [-0.15, -0.1) is 0 Å². The van der Waals surface area contributed by atoms with Crippen LogP contribution in [0.1, 0.15) is 25.8 Å². The fraction of sp³-hybridized carbons (Fsp3) is 0.562. The van der Waals surface area contributed by atoms with Crippen molar-refractivity contribution in [3.63, 3.8) is 0 Å². The maximum absolute atomic E-state index is 13.5. The SMILES string of the molecule is CC(O)CCN(C)CC(=O)NC(C)Cc1c(F)cccc1F. The summed E-state index contributed by atoms with van der Waals surface area (Å²) in [5.74, 6) is -1.41. The van der Waals surface area contributed by atoms with Gasteiger partial charge in [0.25, 0.3) is 0 Å². The summed E-state index contributed by atoms with van der Waals surface area (Å²) < 4.78 is 27.1. The van der Waals surface area contributed by atoms with Crippen molar-refractivity contribution in [3.05, 3.63) is 35.4 Å². The predicted octanol–water partition coefficient (Wildman–Crippen LogP) is 1.71. The van der Waals surface area contributed by atoms with E-state index < -0.39 is 17.7 Å². The van der Waals surface area contributed by atoms with E-state index in [0.717, 1.165) is 0 Å². The van der Waals surface area contributed by atoms with Crippen molar-refractivity contribution in [2.45, 2.75) is 38.8 Å². The summed E-state index contributed by atoms with van der Waals surface area (Å²) in [6.07, 6.45) is 0.273. The second-order valence-electron chi connectivity index (χ2n) is 5.75. The summed E-state index contributed by atoms with van der Waals surface area (Å²) in [6, 6.07) is 3.35. The first-order chi connectivity index (χ1) is 10.3. The number of carbonyl (C=O) groups is 1. The van der Waals surface area contributed by atoms with E-state index in [4.69, 9.17) is 0 Å². The summed E-state index contributed by atoms with van der Waals surface area (Å²) in [6.45, 7) is 4.18. The van der Waals surface area contributed by atoms with Gasteiger partial charge in [0.2, 0.25) is 5.91 Å². The van der Waals surface area contributed by atoms with Crippen molar-refractivity contribution in [1.82, 2.24) is 10.2 Å². The Morgan fingerprint density at radius 3 is 2.45 bits per heavy atom. The molecular weight excluding hydrogens is 290 g/mol. The molecule has 6 heteroatoms. The molecular formula is C16H24F2N2O2. The molecule has 0 bridgehead atoms. The van der Waals surface area contributed by atoms with Crippen LogP contribution in [0.15, 0.2) is 18.2 Å². The Labute approximate surface area is 130 Å². The summed E-state index contributed by atoms with van der Waals surface area (Å²) in [4.78, 5) is 13.7. The van der Waals surface area contributed by atoms with Gasteiger partial charge in [0, 0.05) is 18.2 Å². The minimum Gasteiger partial charge on any atom is -0.393 e. The van der Waals surface area contributed by atoms with Crippen molar-refractivity contribution in [1.29, 1.82) is 0 Å². The molecule has 0 spiro atoms. The average Bonchev–Trinajstić information content (AvgIpc) is 2.40. The van der Waals surface area contributed by atoms with Crippen LogP contribution < -0.4 is 5.32 Å². The van der Waals surface area contributed by atoms with E-state index in [1.165, 1.54) is 18.2 Å². The molecule has 0 radical (unpaired) electrons. The van der Waals surface area contributed by atoms with E-state index in [-0.39, 0.29) is 30.5 Å². The van der Waals surface area contributed by atoms with Gasteiger partial charge in [-0.3, -0.25) is 9.69 Å². The summed E-state index contributed by atoms with van der Waals surface area (Å²) in [7, 11) is 1.78. The van der Waals surface area contributed by atoms with Gasteiger partial charge in [-0.2, -0.15) is 0 Å². The highest BCUT2D eigenvalue weighted by Gasteiger charge is 2.15. The maximum Gasteiger partial charge on any atom is 0.234 e. The molecule has 0 heterocycles. The highest BCUT2D eigenvalue weighted by molar-refractivity contribution is 5.78. The number of carbonyl (C=O) groups excluding carboxylic acids is 1. The second-order valence-corrected chi connectivity index (χ2v) is 5.75. The van der Waals surface area contributed by atoms with Crippen LogP contribution in [-0.2, 0) is 11.2 Å². The number of amides is 1. The van der Waals surface area contributed by atoms with Crippen molar-refractivity contribution in [2.24, 2.45) is 0 Å². The molecule has 1 aromatic carbocycles. The van der Waals surface area contributed by atoms with Crippen molar-refractivity contribution >= 4 is 5.91 Å². The van der Waals surface area contributed by atoms with Crippen molar-refractivity contribution in [2.75, 3.05) is 20.1 Å². The predicted molar refractivity (Wildman–Crippen MR) is 81.5 cm³/mol. The fourth-order valence-electron chi connectivity index (χ4n) is 2.14. The van der Waals surface area contributed by atoms with Gasteiger partial charge in [0.15, 0.2) is 0 Å². The van der Waals surface area contributed by atoms with Crippen LogP contribution >= 0.6 is 0 Å². The topological polar surface area (TPSA) is 52.6 Å². The van der Waals surface area contributed by atoms with Crippen LogP contribution in [0, 0.1) is 11.6 Å². The Morgan fingerprint density at radius 1 is 1.32 bits per heavy atom. The Bertz CT molecular complexity index is 475. The molecule has 0 saturated heterocycles. The van der Waals surface area contributed by atoms with E-state index in [1.54, 1.807) is 25.8 Å². The van der Waals surface area contributed by atoms with Crippen LogP contribution in [0.4, 0.5) is 8.78 Å². The van der Waals surface area contributed by atoms with Crippen LogP contribution in [0.3, 0.4) is 0 Å². The molecule has 124 valence electrons. The third kappa shape index (κ3) is 6.49. The molecule has 2 unspecified atom stereocenters. The van der Waals surface area contributed by atoms with Gasteiger partial charge in [0.05, 0.1) is 12.6 Å². The maximum atomic E-state index is 13.5. The average molecular weight is 314 g/mol. The molecule has 0 saturated carbocycles. The number of nitrogens with one attached hydrogen (secondary N) is 1. The summed E-state index contributed by atoms with van der Waals surface area (Å²) in [5.41, 5.74) is -0.0160. The molecule has 2 N–H and O–H groups in total. The fourth-order valence-corrected chi connectivity index (χ4v) is 2.14. The number of aliphatic hydroxyl groups excluding tert-OH is 1. The highest BCUT2D eigenvalue weighted by Crippen LogP contribution is 2.14. The second kappa shape index (κ2) is 8.80. The molecule has 22 heavy (non-hydrogen) atoms. The van der Waals surface area contributed by atoms with Gasteiger partial charge in [-0.25, -0.2) is 8.78 Å². The van der Waals surface area contributed by atoms with Crippen LogP contribution in [0.5, 0.6) is 0 Å². The molecule has 2 atom stereocenters. The van der Waals surface area contributed by atoms with Gasteiger partial charge >= 0.3 is 0 Å². The lowest BCUT2D eigenvalue weighted by molar-refractivity contribution is -0.122. The molecule has 1 aromatic rings. The van der Waals surface area contributed by atoms with Crippen LogP contribution in [-0.4, -0.2) is 48.2 Å². The standard InChI is InChI=1S/C16H24F2N2O2/c1-11(9-13-14(17)5-4-6-15(13)18)19-16(22)10-20(3)8-7-12(2)21/h4-6,11-12,21H,7-10H2,1-3H3,(H,19,22).